The van der Waals surface area contributed by atoms with Crippen molar-refractivity contribution in [3.8, 4) is 22.8 Å². The van der Waals surface area contributed by atoms with E-state index in [2.05, 4.69) is 16.4 Å². The lowest BCUT2D eigenvalue weighted by molar-refractivity contribution is 0.382. The van der Waals surface area contributed by atoms with E-state index < -0.39 is 0 Å². The van der Waals surface area contributed by atoms with Crippen LogP contribution in [0.5, 0.6) is 11.5 Å². The Bertz CT molecular complexity index is 652. The molecule has 2 N–H and O–H groups in total. The molecule has 0 aliphatic carbocycles. The zero-order valence-corrected chi connectivity index (χ0v) is 13.6. The molecule has 1 aliphatic rings. The summed E-state index contributed by atoms with van der Waals surface area (Å²) in [6, 6.07) is 10.0. The van der Waals surface area contributed by atoms with Crippen molar-refractivity contribution in [1.29, 1.82) is 0 Å². The van der Waals surface area contributed by atoms with Gasteiger partial charge >= 0.3 is 0 Å². The van der Waals surface area contributed by atoms with Crippen molar-refractivity contribution >= 4 is 0 Å². The average molecular weight is 312 g/mol. The highest BCUT2D eigenvalue weighted by molar-refractivity contribution is 5.63. The Labute approximate surface area is 137 Å². The Kier molecular flexibility index (Phi) is 5.13. The molecule has 1 aromatic heterocycles. The van der Waals surface area contributed by atoms with Crippen LogP contribution in [0.3, 0.4) is 0 Å². The zero-order chi connectivity index (χ0) is 16.1. The summed E-state index contributed by atoms with van der Waals surface area (Å²) < 4.78 is 5.25. The van der Waals surface area contributed by atoms with E-state index in [-0.39, 0.29) is 0 Å². The predicted molar refractivity (Wildman–Crippen MR) is 91.9 cm³/mol. The summed E-state index contributed by atoms with van der Waals surface area (Å²) in [7, 11) is 1.64. The first-order chi connectivity index (χ1) is 11.2. The second kappa shape index (κ2) is 7.47. The number of phenols is 1. The van der Waals surface area contributed by atoms with Crippen LogP contribution in [0, 0.1) is 0 Å². The predicted octanol–water partition coefficient (Wildman–Crippen LogP) is 3.54. The molecular weight excluding hydrogens is 288 g/mol. The molecule has 0 spiro atoms. The molecule has 122 valence electrons. The van der Waals surface area contributed by atoms with Crippen LogP contribution in [0.1, 0.15) is 31.2 Å². The average Bonchev–Trinajstić information content (AvgIpc) is 2.60. The minimum absolute atomic E-state index is 0.290. The number of nitrogens with one attached hydrogen (secondary N) is 1. The van der Waals surface area contributed by atoms with Crippen LogP contribution in [-0.2, 0) is 6.42 Å². The maximum absolute atomic E-state index is 10.0. The summed E-state index contributed by atoms with van der Waals surface area (Å²) in [5.41, 5.74) is 2.89. The third-order valence-electron chi connectivity index (χ3n) is 4.43. The fourth-order valence-electron chi connectivity index (χ4n) is 3.17. The number of aromatic hydroxyl groups is 1. The van der Waals surface area contributed by atoms with E-state index in [1.807, 2.05) is 18.2 Å². The highest BCUT2D eigenvalue weighted by atomic mass is 16.5. The maximum atomic E-state index is 10.0. The molecule has 0 saturated carbocycles. The molecule has 0 radical (unpaired) electrons. The molecule has 4 nitrogen and oxygen atoms in total. The molecule has 3 rings (SSSR count). The number of rotatable bonds is 5. The van der Waals surface area contributed by atoms with E-state index in [1.165, 1.54) is 19.3 Å². The Hall–Kier alpha value is -2.07. The van der Waals surface area contributed by atoms with Gasteiger partial charge in [0, 0.05) is 23.9 Å². The summed E-state index contributed by atoms with van der Waals surface area (Å²) in [6.45, 7) is 1.13. The van der Waals surface area contributed by atoms with Crippen molar-refractivity contribution < 1.29 is 9.84 Å². The van der Waals surface area contributed by atoms with E-state index in [0.717, 1.165) is 42.0 Å². The molecule has 4 heteroatoms. The SMILES string of the molecule is COc1ccnc(-c2cc(O)cc(CC[C@H]3CCCCN3)c2)c1. The smallest absolute Gasteiger partial charge is 0.122 e. The number of aromatic nitrogens is 1. The molecule has 1 saturated heterocycles. The fraction of sp³-hybridized carbons (Fsp3) is 0.421. The number of pyridine rings is 1. The topological polar surface area (TPSA) is 54.4 Å². The number of nitrogens with zero attached hydrogens (tertiary/aromatic N) is 1. The Balaban J connectivity index is 1.75. The molecule has 1 fully saturated rings. The molecular formula is C19H24N2O2. The molecule has 2 aromatic rings. The summed E-state index contributed by atoms with van der Waals surface area (Å²) in [5, 5.41) is 13.6. The first-order valence-electron chi connectivity index (χ1n) is 8.31. The molecule has 1 atom stereocenters. The lowest BCUT2D eigenvalue weighted by Gasteiger charge is -2.23. The third-order valence-corrected chi connectivity index (χ3v) is 4.43. The van der Waals surface area contributed by atoms with E-state index in [9.17, 15) is 5.11 Å². The highest BCUT2D eigenvalue weighted by Crippen LogP contribution is 2.27. The summed E-state index contributed by atoms with van der Waals surface area (Å²) in [6.07, 6.45) is 7.65. The second-order valence-corrected chi connectivity index (χ2v) is 6.15. The Morgan fingerprint density at radius 2 is 2.17 bits per heavy atom. The van der Waals surface area contributed by atoms with Crippen molar-refractivity contribution in [2.75, 3.05) is 13.7 Å². The van der Waals surface area contributed by atoms with Crippen LogP contribution in [0.4, 0.5) is 0 Å². The van der Waals surface area contributed by atoms with Gasteiger partial charge in [0.05, 0.1) is 12.8 Å². The number of piperidine rings is 1. The Morgan fingerprint density at radius 1 is 1.26 bits per heavy atom. The number of methoxy groups -OCH3 is 1. The summed E-state index contributed by atoms with van der Waals surface area (Å²) >= 11 is 0. The molecule has 1 aromatic carbocycles. The van der Waals surface area contributed by atoms with Crippen LogP contribution in [0.2, 0.25) is 0 Å². The number of aryl methyl sites for hydroxylation is 1. The highest BCUT2D eigenvalue weighted by Gasteiger charge is 2.13. The monoisotopic (exact) mass is 312 g/mol. The molecule has 0 unspecified atom stereocenters. The normalized spacial score (nSPS) is 17.9. The van der Waals surface area contributed by atoms with Gasteiger partial charge in [-0.15, -0.1) is 0 Å². The van der Waals surface area contributed by atoms with Crippen molar-refractivity contribution in [3.05, 3.63) is 42.1 Å². The van der Waals surface area contributed by atoms with E-state index in [4.69, 9.17) is 4.74 Å². The largest absolute Gasteiger partial charge is 0.508 e. The number of benzene rings is 1. The number of hydrogen-bond donors (Lipinski definition) is 2. The van der Waals surface area contributed by atoms with Crippen molar-refractivity contribution in [2.45, 2.75) is 38.1 Å². The van der Waals surface area contributed by atoms with Crippen LogP contribution in [0.15, 0.2) is 36.5 Å². The van der Waals surface area contributed by atoms with Gasteiger partial charge in [0.2, 0.25) is 0 Å². The number of ether oxygens (including phenoxy) is 1. The molecule has 0 bridgehead atoms. The standard InChI is InChI=1S/C19H24N2O2/c1-23-18-7-9-21-19(13-18)15-10-14(11-17(22)12-15)5-6-16-4-2-3-8-20-16/h7,9-13,16,20,22H,2-6,8H2,1H3/t16-/m1/s1. The van der Waals surface area contributed by atoms with Crippen LogP contribution in [0.25, 0.3) is 11.3 Å². The van der Waals surface area contributed by atoms with Crippen molar-refractivity contribution in [3.63, 3.8) is 0 Å². The number of hydrogen-bond acceptors (Lipinski definition) is 4. The van der Waals surface area contributed by atoms with Gasteiger partial charge in [-0.2, -0.15) is 0 Å². The minimum Gasteiger partial charge on any atom is -0.508 e. The van der Waals surface area contributed by atoms with Crippen LogP contribution < -0.4 is 10.1 Å². The summed E-state index contributed by atoms with van der Waals surface area (Å²) in [4.78, 5) is 4.39. The first kappa shape index (κ1) is 15.8. The number of phenolic OH excluding ortho intramolecular Hbond substituents is 1. The van der Waals surface area contributed by atoms with Gasteiger partial charge in [0.25, 0.3) is 0 Å². The third kappa shape index (κ3) is 4.23. The van der Waals surface area contributed by atoms with Gasteiger partial charge < -0.3 is 15.2 Å². The van der Waals surface area contributed by atoms with Gasteiger partial charge in [-0.25, -0.2) is 0 Å². The fourth-order valence-corrected chi connectivity index (χ4v) is 3.17. The van der Waals surface area contributed by atoms with Gasteiger partial charge in [-0.1, -0.05) is 6.42 Å². The Morgan fingerprint density at radius 3 is 2.96 bits per heavy atom. The first-order valence-corrected chi connectivity index (χ1v) is 8.31. The lowest BCUT2D eigenvalue weighted by Crippen LogP contribution is -2.34. The van der Waals surface area contributed by atoms with E-state index in [1.54, 1.807) is 19.4 Å². The summed E-state index contributed by atoms with van der Waals surface area (Å²) in [5.74, 6) is 1.06. The molecule has 1 aliphatic heterocycles. The van der Waals surface area contributed by atoms with Gasteiger partial charge in [-0.3, -0.25) is 4.98 Å². The van der Waals surface area contributed by atoms with Crippen molar-refractivity contribution in [1.82, 2.24) is 10.3 Å². The van der Waals surface area contributed by atoms with E-state index >= 15 is 0 Å². The van der Waals surface area contributed by atoms with E-state index in [0.29, 0.717) is 11.8 Å². The maximum Gasteiger partial charge on any atom is 0.122 e. The minimum atomic E-state index is 0.290. The zero-order valence-electron chi connectivity index (χ0n) is 13.6. The van der Waals surface area contributed by atoms with Crippen molar-refractivity contribution in [2.24, 2.45) is 0 Å². The quantitative estimate of drug-likeness (QED) is 0.886. The van der Waals surface area contributed by atoms with Gasteiger partial charge in [0.15, 0.2) is 0 Å². The second-order valence-electron chi connectivity index (χ2n) is 6.15. The molecule has 23 heavy (non-hydrogen) atoms. The van der Waals surface area contributed by atoms with Crippen LogP contribution >= 0.6 is 0 Å². The van der Waals surface area contributed by atoms with Gasteiger partial charge in [-0.05, 0) is 62.1 Å². The molecule has 0 amide bonds. The van der Waals surface area contributed by atoms with Crippen LogP contribution in [-0.4, -0.2) is 29.8 Å². The molecule has 2 heterocycles. The lowest BCUT2D eigenvalue weighted by atomic mass is 9.96. The van der Waals surface area contributed by atoms with Gasteiger partial charge in [0.1, 0.15) is 11.5 Å².